The third kappa shape index (κ3) is 1.50. The van der Waals surface area contributed by atoms with Gasteiger partial charge in [0.05, 0.1) is 0 Å². The molecular weight excluding hydrogens is 160 g/mol. The predicted octanol–water partition coefficient (Wildman–Crippen LogP) is 2.90. The van der Waals surface area contributed by atoms with Crippen LogP contribution in [-0.2, 0) is 0 Å². The largest absolute Gasteiger partial charge is 0.361 e. The summed E-state index contributed by atoms with van der Waals surface area (Å²) >= 11 is 5.81. The zero-order valence-electron chi connectivity index (χ0n) is 6.35. The van der Waals surface area contributed by atoms with Crippen LogP contribution in [0.5, 0.6) is 0 Å². The Hall–Kier alpha value is -1.07. The molecule has 0 aliphatic carbocycles. The number of rotatable bonds is 0. The van der Waals surface area contributed by atoms with Crippen molar-refractivity contribution in [3.63, 3.8) is 0 Å². The summed E-state index contributed by atoms with van der Waals surface area (Å²) in [5, 5.41) is 0.614. The topological polar surface area (TPSA) is 17.2 Å². The summed E-state index contributed by atoms with van der Waals surface area (Å²) in [4.78, 5) is 7.20. The molecule has 11 heavy (non-hydrogen) atoms. The maximum Gasteiger partial charge on any atom is 0.271 e. The Balaban J connectivity index is 3.35. The van der Waals surface area contributed by atoms with Gasteiger partial charge in [-0.2, -0.15) is 0 Å². The average molecular weight is 167 g/mol. The lowest BCUT2D eigenvalue weighted by atomic mass is 10.2. The zero-order valence-corrected chi connectivity index (χ0v) is 7.11. The van der Waals surface area contributed by atoms with Gasteiger partial charge in [0.15, 0.2) is 0 Å². The first-order chi connectivity index (χ1) is 5.15. The molecule has 2 nitrogen and oxygen atoms in total. The van der Waals surface area contributed by atoms with Crippen molar-refractivity contribution in [1.29, 1.82) is 0 Å². The summed E-state index contributed by atoms with van der Waals surface area (Å²) < 4.78 is 0. The van der Waals surface area contributed by atoms with Crippen molar-refractivity contribution in [3.8, 4) is 0 Å². The van der Waals surface area contributed by atoms with Crippen LogP contribution in [0.4, 0.5) is 5.82 Å². The van der Waals surface area contributed by atoms with Crippen LogP contribution in [0.25, 0.3) is 4.85 Å². The highest BCUT2D eigenvalue weighted by atomic mass is 35.5. The highest BCUT2D eigenvalue weighted by Crippen LogP contribution is 2.22. The van der Waals surface area contributed by atoms with Gasteiger partial charge in [0.2, 0.25) is 0 Å². The minimum atomic E-state index is 0.359. The molecule has 0 fully saturated rings. The van der Waals surface area contributed by atoms with Gasteiger partial charge in [-0.3, -0.25) is 0 Å². The maximum absolute atomic E-state index is 6.71. The normalized spacial score (nSPS) is 9.27. The molecule has 1 aromatic heterocycles. The molecule has 0 unspecified atom stereocenters. The van der Waals surface area contributed by atoms with E-state index in [0.29, 0.717) is 10.8 Å². The Morgan fingerprint density at radius 3 is 2.64 bits per heavy atom. The van der Waals surface area contributed by atoms with Gasteiger partial charge >= 0.3 is 0 Å². The second-order valence-corrected chi connectivity index (χ2v) is 2.69. The SMILES string of the molecule is [C-]#[N+]c1cc(Cl)c(C)c(C)n1. The molecular formula is C8H7ClN2. The fourth-order valence-electron chi connectivity index (χ4n) is 0.740. The lowest BCUT2D eigenvalue weighted by Crippen LogP contribution is -1.86. The molecule has 56 valence electrons. The molecule has 1 aromatic rings. The van der Waals surface area contributed by atoms with Crippen molar-refractivity contribution < 1.29 is 0 Å². The summed E-state index contributed by atoms with van der Waals surface area (Å²) in [7, 11) is 0. The van der Waals surface area contributed by atoms with E-state index in [9.17, 15) is 0 Å². The molecule has 1 heterocycles. The highest BCUT2D eigenvalue weighted by Gasteiger charge is 2.04. The van der Waals surface area contributed by atoms with E-state index in [-0.39, 0.29) is 0 Å². The lowest BCUT2D eigenvalue weighted by molar-refractivity contribution is 1.17. The van der Waals surface area contributed by atoms with Gasteiger partial charge in [0.25, 0.3) is 5.82 Å². The van der Waals surface area contributed by atoms with Crippen LogP contribution < -0.4 is 0 Å². The van der Waals surface area contributed by atoms with Gasteiger partial charge < -0.3 is 4.85 Å². The van der Waals surface area contributed by atoms with Crippen LogP contribution in [-0.4, -0.2) is 4.98 Å². The lowest BCUT2D eigenvalue weighted by Gasteiger charge is -1.97. The Morgan fingerprint density at radius 1 is 1.55 bits per heavy atom. The third-order valence-electron chi connectivity index (χ3n) is 1.55. The first kappa shape index (κ1) is 8.03. The second-order valence-electron chi connectivity index (χ2n) is 2.28. The van der Waals surface area contributed by atoms with E-state index in [1.54, 1.807) is 6.07 Å². The summed E-state index contributed by atoms with van der Waals surface area (Å²) in [5.41, 5.74) is 1.77. The van der Waals surface area contributed by atoms with Crippen molar-refractivity contribution >= 4 is 17.4 Å². The Kier molecular flexibility index (Phi) is 2.11. The van der Waals surface area contributed by atoms with Gasteiger partial charge in [0.1, 0.15) is 5.69 Å². The first-order valence-corrected chi connectivity index (χ1v) is 3.54. The van der Waals surface area contributed by atoms with Gasteiger partial charge in [-0.15, -0.1) is 4.98 Å². The molecule has 0 aromatic carbocycles. The van der Waals surface area contributed by atoms with Gasteiger partial charge in [-0.05, 0) is 13.0 Å². The van der Waals surface area contributed by atoms with Crippen molar-refractivity contribution in [1.82, 2.24) is 4.98 Å². The molecule has 0 radical (unpaired) electrons. The third-order valence-corrected chi connectivity index (χ3v) is 1.95. The Bertz CT molecular complexity index is 302. The minimum Gasteiger partial charge on any atom is -0.361 e. The molecule has 0 aliphatic heterocycles. The number of pyridine rings is 1. The van der Waals surface area contributed by atoms with Crippen LogP contribution >= 0.6 is 11.6 Å². The number of aryl methyl sites for hydroxylation is 1. The molecule has 0 amide bonds. The van der Waals surface area contributed by atoms with E-state index in [4.69, 9.17) is 18.2 Å². The second kappa shape index (κ2) is 2.89. The van der Waals surface area contributed by atoms with Crippen molar-refractivity contribution in [3.05, 3.63) is 33.8 Å². The van der Waals surface area contributed by atoms with Crippen LogP contribution in [0.3, 0.4) is 0 Å². The maximum atomic E-state index is 6.71. The van der Waals surface area contributed by atoms with Crippen molar-refractivity contribution in [2.24, 2.45) is 0 Å². The summed E-state index contributed by atoms with van der Waals surface area (Å²) in [6, 6.07) is 1.58. The van der Waals surface area contributed by atoms with E-state index >= 15 is 0 Å². The monoisotopic (exact) mass is 166 g/mol. The standard InChI is InChI=1S/C8H7ClN2/c1-5-6(2)11-8(10-3)4-7(5)9/h4H,1-2H3. The van der Waals surface area contributed by atoms with Crippen LogP contribution in [0.1, 0.15) is 11.3 Å². The molecule has 0 saturated heterocycles. The molecule has 0 N–H and O–H groups in total. The summed E-state index contributed by atoms with van der Waals surface area (Å²) in [5.74, 6) is 0.359. The fraction of sp³-hybridized carbons (Fsp3) is 0.250. The molecule has 0 saturated carbocycles. The molecule has 3 heteroatoms. The molecule has 0 bridgehead atoms. The van der Waals surface area contributed by atoms with Crippen LogP contribution in [0.15, 0.2) is 6.07 Å². The average Bonchev–Trinajstić information content (AvgIpc) is 1.99. The summed E-state index contributed by atoms with van der Waals surface area (Å²) in [6.07, 6.45) is 0. The van der Waals surface area contributed by atoms with E-state index in [0.717, 1.165) is 11.3 Å². The quantitative estimate of drug-likeness (QED) is 0.542. The molecule has 0 atom stereocenters. The predicted molar refractivity (Wildman–Crippen MR) is 45.0 cm³/mol. The highest BCUT2D eigenvalue weighted by molar-refractivity contribution is 6.31. The van der Waals surface area contributed by atoms with Crippen molar-refractivity contribution in [2.45, 2.75) is 13.8 Å². The Morgan fingerprint density at radius 2 is 2.18 bits per heavy atom. The molecule has 0 aliphatic rings. The smallest absolute Gasteiger partial charge is 0.271 e. The van der Waals surface area contributed by atoms with Crippen LogP contribution in [0, 0.1) is 20.4 Å². The number of hydrogen-bond donors (Lipinski definition) is 0. The number of hydrogen-bond acceptors (Lipinski definition) is 1. The van der Waals surface area contributed by atoms with E-state index < -0.39 is 0 Å². The van der Waals surface area contributed by atoms with E-state index in [1.165, 1.54) is 0 Å². The van der Waals surface area contributed by atoms with Crippen LogP contribution in [0.2, 0.25) is 5.02 Å². The van der Waals surface area contributed by atoms with Crippen molar-refractivity contribution in [2.75, 3.05) is 0 Å². The number of halogens is 1. The minimum absolute atomic E-state index is 0.359. The fourth-order valence-corrected chi connectivity index (χ4v) is 0.974. The Labute approximate surface area is 70.7 Å². The number of nitrogens with zero attached hydrogens (tertiary/aromatic N) is 2. The first-order valence-electron chi connectivity index (χ1n) is 3.16. The molecule has 1 rings (SSSR count). The van der Waals surface area contributed by atoms with Gasteiger partial charge in [-0.1, -0.05) is 18.2 Å². The van der Waals surface area contributed by atoms with Gasteiger partial charge in [-0.25, -0.2) is 0 Å². The van der Waals surface area contributed by atoms with E-state index in [2.05, 4.69) is 9.83 Å². The summed E-state index contributed by atoms with van der Waals surface area (Å²) in [6.45, 7) is 10.4. The van der Waals surface area contributed by atoms with Gasteiger partial charge in [0, 0.05) is 17.5 Å². The zero-order chi connectivity index (χ0) is 8.43. The molecule has 0 spiro atoms. The van der Waals surface area contributed by atoms with E-state index in [1.807, 2.05) is 13.8 Å². The number of aromatic nitrogens is 1.